The standard InChI is InChI=1S/C20H24N4O/c1-3-24(12-18(25)15-10-8-14(2)9-11-15)13-19-22-17-7-5-4-6-16(17)20(21)23-19/h4-11,18,25H,3,12-13H2,1-2H3,(H2,21,22,23). The van der Waals surface area contributed by atoms with Crippen molar-refractivity contribution in [1.82, 2.24) is 14.9 Å². The molecule has 0 bridgehead atoms. The van der Waals surface area contributed by atoms with E-state index in [1.165, 1.54) is 5.56 Å². The molecule has 1 unspecified atom stereocenters. The molecule has 0 aliphatic heterocycles. The number of aliphatic hydroxyl groups is 1. The van der Waals surface area contributed by atoms with Crippen LogP contribution in [0, 0.1) is 6.92 Å². The first-order valence-corrected chi connectivity index (χ1v) is 8.55. The zero-order valence-electron chi connectivity index (χ0n) is 14.7. The summed E-state index contributed by atoms with van der Waals surface area (Å²) >= 11 is 0. The van der Waals surface area contributed by atoms with Crippen molar-refractivity contribution in [3.05, 3.63) is 65.5 Å². The SMILES string of the molecule is CCN(Cc1nc(N)c2ccccc2n1)CC(O)c1ccc(C)cc1. The third-order valence-corrected chi connectivity index (χ3v) is 4.38. The highest BCUT2D eigenvalue weighted by atomic mass is 16.3. The van der Waals surface area contributed by atoms with E-state index in [1.807, 2.05) is 55.5 Å². The van der Waals surface area contributed by atoms with Gasteiger partial charge in [0.25, 0.3) is 0 Å². The summed E-state index contributed by atoms with van der Waals surface area (Å²) in [5, 5.41) is 11.4. The summed E-state index contributed by atoms with van der Waals surface area (Å²) in [7, 11) is 0. The molecule has 0 aliphatic carbocycles. The van der Waals surface area contributed by atoms with Crippen molar-refractivity contribution in [2.75, 3.05) is 18.8 Å². The molecule has 3 rings (SSSR count). The minimum Gasteiger partial charge on any atom is -0.387 e. The number of hydrogen-bond donors (Lipinski definition) is 2. The molecule has 0 saturated heterocycles. The van der Waals surface area contributed by atoms with Crippen molar-refractivity contribution in [1.29, 1.82) is 0 Å². The van der Waals surface area contributed by atoms with Gasteiger partial charge in [0.1, 0.15) is 11.6 Å². The molecular weight excluding hydrogens is 312 g/mol. The van der Waals surface area contributed by atoms with E-state index >= 15 is 0 Å². The second-order valence-electron chi connectivity index (χ2n) is 6.30. The predicted molar refractivity (Wildman–Crippen MR) is 101 cm³/mol. The normalized spacial score (nSPS) is 12.6. The molecule has 0 spiro atoms. The number of likely N-dealkylation sites (N-methyl/N-ethyl adjacent to an activating group) is 1. The molecule has 0 fully saturated rings. The van der Waals surface area contributed by atoms with Crippen LogP contribution in [0.2, 0.25) is 0 Å². The number of nitrogens with two attached hydrogens (primary N) is 1. The molecule has 1 atom stereocenters. The van der Waals surface area contributed by atoms with Crippen molar-refractivity contribution in [3.8, 4) is 0 Å². The molecule has 3 N–H and O–H groups in total. The van der Waals surface area contributed by atoms with Crippen LogP contribution in [0.1, 0.15) is 30.0 Å². The minimum atomic E-state index is -0.543. The summed E-state index contributed by atoms with van der Waals surface area (Å²) in [5.74, 6) is 1.17. The molecule has 0 aliphatic rings. The zero-order chi connectivity index (χ0) is 17.8. The average molecular weight is 336 g/mol. The van der Waals surface area contributed by atoms with Gasteiger partial charge in [0.2, 0.25) is 0 Å². The van der Waals surface area contributed by atoms with Crippen LogP contribution in [0.4, 0.5) is 5.82 Å². The molecule has 3 aromatic rings. The summed E-state index contributed by atoms with van der Waals surface area (Å²) in [6, 6.07) is 15.7. The summed E-state index contributed by atoms with van der Waals surface area (Å²) in [4.78, 5) is 11.1. The van der Waals surface area contributed by atoms with Crippen molar-refractivity contribution < 1.29 is 5.11 Å². The van der Waals surface area contributed by atoms with Crippen LogP contribution in [0.25, 0.3) is 10.9 Å². The quantitative estimate of drug-likeness (QED) is 0.723. The highest BCUT2D eigenvalue weighted by Crippen LogP contribution is 2.19. The van der Waals surface area contributed by atoms with Gasteiger partial charge in [-0.05, 0) is 31.2 Å². The van der Waals surface area contributed by atoms with E-state index in [4.69, 9.17) is 5.73 Å². The summed E-state index contributed by atoms with van der Waals surface area (Å²) < 4.78 is 0. The van der Waals surface area contributed by atoms with Gasteiger partial charge in [0.05, 0.1) is 18.2 Å². The fourth-order valence-corrected chi connectivity index (χ4v) is 2.87. The van der Waals surface area contributed by atoms with E-state index in [0.29, 0.717) is 24.7 Å². The van der Waals surface area contributed by atoms with Crippen LogP contribution >= 0.6 is 0 Å². The lowest BCUT2D eigenvalue weighted by Gasteiger charge is -2.23. The zero-order valence-corrected chi connectivity index (χ0v) is 14.7. The van der Waals surface area contributed by atoms with Gasteiger partial charge in [-0.2, -0.15) is 0 Å². The first-order chi connectivity index (χ1) is 12.1. The van der Waals surface area contributed by atoms with Crippen LogP contribution in [0.5, 0.6) is 0 Å². The van der Waals surface area contributed by atoms with Gasteiger partial charge in [-0.3, -0.25) is 4.90 Å². The van der Waals surface area contributed by atoms with Gasteiger partial charge in [-0.25, -0.2) is 9.97 Å². The Labute approximate surface area is 148 Å². The monoisotopic (exact) mass is 336 g/mol. The molecule has 0 amide bonds. The Bertz CT molecular complexity index is 848. The van der Waals surface area contributed by atoms with Gasteiger partial charge in [0.15, 0.2) is 0 Å². The molecule has 5 heteroatoms. The Morgan fingerprint density at radius 2 is 1.80 bits per heavy atom. The number of rotatable bonds is 6. The van der Waals surface area contributed by atoms with Crippen LogP contribution in [0.3, 0.4) is 0 Å². The highest BCUT2D eigenvalue weighted by molar-refractivity contribution is 5.87. The number of aliphatic hydroxyl groups excluding tert-OH is 1. The number of anilines is 1. The molecule has 1 aromatic heterocycles. The van der Waals surface area contributed by atoms with E-state index in [2.05, 4.69) is 21.8 Å². The number of aromatic nitrogens is 2. The van der Waals surface area contributed by atoms with E-state index in [9.17, 15) is 5.11 Å². The molecule has 2 aromatic carbocycles. The summed E-state index contributed by atoms with van der Waals surface area (Å²) in [5.41, 5.74) is 9.01. The smallest absolute Gasteiger partial charge is 0.145 e. The summed E-state index contributed by atoms with van der Waals surface area (Å²) in [6.07, 6.45) is -0.543. The maximum absolute atomic E-state index is 10.5. The Hall–Kier alpha value is -2.50. The van der Waals surface area contributed by atoms with Crippen LogP contribution < -0.4 is 5.73 Å². The van der Waals surface area contributed by atoms with E-state index in [-0.39, 0.29) is 0 Å². The lowest BCUT2D eigenvalue weighted by molar-refractivity contribution is 0.111. The van der Waals surface area contributed by atoms with Crippen molar-refractivity contribution in [2.45, 2.75) is 26.5 Å². The molecule has 5 nitrogen and oxygen atoms in total. The first kappa shape index (κ1) is 17.3. The van der Waals surface area contributed by atoms with E-state index in [1.54, 1.807) is 0 Å². The van der Waals surface area contributed by atoms with E-state index in [0.717, 1.165) is 23.0 Å². The van der Waals surface area contributed by atoms with Crippen LogP contribution in [-0.2, 0) is 6.54 Å². The second-order valence-corrected chi connectivity index (χ2v) is 6.30. The number of benzene rings is 2. The Morgan fingerprint density at radius 3 is 2.52 bits per heavy atom. The van der Waals surface area contributed by atoms with Crippen LogP contribution in [-0.4, -0.2) is 33.1 Å². The molecule has 25 heavy (non-hydrogen) atoms. The number of hydrogen-bond acceptors (Lipinski definition) is 5. The predicted octanol–water partition coefficient (Wildman–Crippen LogP) is 3.08. The number of para-hydroxylation sites is 1. The van der Waals surface area contributed by atoms with Crippen molar-refractivity contribution >= 4 is 16.7 Å². The lowest BCUT2D eigenvalue weighted by atomic mass is 10.1. The third-order valence-electron chi connectivity index (χ3n) is 4.38. The highest BCUT2D eigenvalue weighted by Gasteiger charge is 2.15. The number of fused-ring (bicyclic) bond motifs is 1. The van der Waals surface area contributed by atoms with Crippen molar-refractivity contribution in [2.24, 2.45) is 0 Å². The Kier molecular flexibility index (Phi) is 5.26. The fourth-order valence-electron chi connectivity index (χ4n) is 2.87. The van der Waals surface area contributed by atoms with Crippen LogP contribution in [0.15, 0.2) is 48.5 Å². The Morgan fingerprint density at radius 1 is 1.08 bits per heavy atom. The number of nitrogens with zero attached hydrogens (tertiary/aromatic N) is 3. The maximum atomic E-state index is 10.5. The largest absolute Gasteiger partial charge is 0.387 e. The third kappa shape index (κ3) is 4.13. The van der Waals surface area contributed by atoms with Gasteiger partial charge >= 0.3 is 0 Å². The first-order valence-electron chi connectivity index (χ1n) is 8.55. The minimum absolute atomic E-state index is 0.496. The van der Waals surface area contributed by atoms with Gasteiger partial charge in [-0.1, -0.05) is 48.9 Å². The van der Waals surface area contributed by atoms with Crippen molar-refractivity contribution in [3.63, 3.8) is 0 Å². The molecule has 130 valence electrons. The van der Waals surface area contributed by atoms with Gasteiger partial charge < -0.3 is 10.8 Å². The van der Waals surface area contributed by atoms with Gasteiger partial charge in [0, 0.05) is 11.9 Å². The van der Waals surface area contributed by atoms with E-state index < -0.39 is 6.10 Å². The lowest BCUT2D eigenvalue weighted by Crippen LogP contribution is -2.29. The topological polar surface area (TPSA) is 75.3 Å². The van der Waals surface area contributed by atoms with Gasteiger partial charge in [-0.15, -0.1) is 0 Å². The molecule has 0 radical (unpaired) electrons. The number of nitrogen functional groups attached to an aromatic ring is 1. The second kappa shape index (κ2) is 7.59. The number of aryl methyl sites for hydroxylation is 1. The Balaban J connectivity index is 1.74. The summed E-state index contributed by atoms with van der Waals surface area (Å²) in [6.45, 7) is 5.96. The molecule has 0 saturated carbocycles. The average Bonchev–Trinajstić information content (AvgIpc) is 2.61. The molecular formula is C20H24N4O. The fraction of sp³-hybridized carbons (Fsp3) is 0.300. The maximum Gasteiger partial charge on any atom is 0.145 e. The molecule has 1 heterocycles.